The summed E-state index contributed by atoms with van der Waals surface area (Å²) in [6.45, 7) is 4.57. The van der Waals surface area contributed by atoms with Gasteiger partial charge in [0.1, 0.15) is 9.77 Å². The van der Waals surface area contributed by atoms with E-state index in [4.69, 9.17) is 0 Å². The monoisotopic (exact) mass is 383 g/mol. The number of halogens is 1. The van der Waals surface area contributed by atoms with Crippen LogP contribution in [0.1, 0.15) is 36.4 Å². The minimum Gasteiger partial charge on any atom is -0.465 e. The Kier molecular flexibility index (Phi) is 6.63. The van der Waals surface area contributed by atoms with Gasteiger partial charge in [-0.1, -0.05) is 13.8 Å². The van der Waals surface area contributed by atoms with Gasteiger partial charge in [0.2, 0.25) is 10.0 Å². The number of sulfonamides is 1. The van der Waals surface area contributed by atoms with Gasteiger partial charge in [0.25, 0.3) is 0 Å². The Balaban J connectivity index is 2.77. The fourth-order valence-corrected chi connectivity index (χ4v) is 5.09. The molecule has 0 fully saturated rings. The Hall–Kier alpha value is -0.440. The standard InChI is InChI=1S/C12H18BrNO4S2/c1-8(2)5-4-6-14-20(16,17)10-7-9(12(15)18-3)19-11(10)13/h7-8,14H,4-6H2,1-3H3. The van der Waals surface area contributed by atoms with E-state index in [0.29, 0.717) is 16.2 Å². The fourth-order valence-electron chi connectivity index (χ4n) is 1.53. The van der Waals surface area contributed by atoms with Crippen LogP contribution in [0.15, 0.2) is 14.7 Å². The molecule has 1 N–H and O–H groups in total. The van der Waals surface area contributed by atoms with Gasteiger partial charge in [-0.2, -0.15) is 0 Å². The lowest BCUT2D eigenvalue weighted by atomic mass is 10.1. The van der Waals surface area contributed by atoms with Crippen LogP contribution in [0.25, 0.3) is 0 Å². The van der Waals surface area contributed by atoms with Crippen LogP contribution in [-0.2, 0) is 14.8 Å². The SMILES string of the molecule is COC(=O)c1cc(S(=O)(=O)NCCCC(C)C)c(Br)s1. The van der Waals surface area contributed by atoms with Gasteiger partial charge in [0.15, 0.2) is 0 Å². The summed E-state index contributed by atoms with van der Waals surface area (Å²) in [6.07, 6.45) is 1.74. The second kappa shape index (κ2) is 7.53. The summed E-state index contributed by atoms with van der Waals surface area (Å²) in [6, 6.07) is 1.32. The number of thiophene rings is 1. The number of esters is 1. The second-order valence-electron chi connectivity index (χ2n) is 4.67. The van der Waals surface area contributed by atoms with Crippen LogP contribution in [0.3, 0.4) is 0 Å². The van der Waals surface area contributed by atoms with E-state index < -0.39 is 16.0 Å². The van der Waals surface area contributed by atoms with Crippen molar-refractivity contribution in [2.75, 3.05) is 13.7 Å². The molecule has 0 atom stereocenters. The Bertz CT molecular complexity index is 566. The Labute approximate surface area is 131 Å². The molecule has 0 spiro atoms. The van der Waals surface area contributed by atoms with E-state index in [1.165, 1.54) is 13.2 Å². The van der Waals surface area contributed by atoms with Crippen molar-refractivity contribution in [3.8, 4) is 0 Å². The van der Waals surface area contributed by atoms with Crippen molar-refractivity contribution in [2.45, 2.75) is 31.6 Å². The highest BCUT2D eigenvalue weighted by Gasteiger charge is 2.23. The number of hydrogen-bond acceptors (Lipinski definition) is 5. The summed E-state index contributed by atoms with van der Waals surface area (Å²) < 4.78 is 31.8. The lowest BCUT2D eigenvalue weighted by Crippen LogP contribution is -2.25. The van der Waals surface area contributed by atoms with Gasteiger partial charge in [-0.25, -0.2) is 17.9 Å². The first-order valence-electron chi connectivity index (χ1n) is 6.15. The Morgan fingerprint density at radius 3 is 2.70 bits per heavy atom. The third-order valence-corrected chi connectivity index (χ3v) is 6.28. The summed E-state index contributed by atoms with van der Waals surface area (Å²) in [5.74, 6) is -0.00438. The Morgan fingerprint density at radius 1 is 1.50 bits per heavy atom. The lowest BCUT2D eigenvalue weighted by molar-refractivity contribution is 0.0606. The summed E-state index contributed by atoms with van der Waals surface area (Å²) in [5.41, 5.74) is 0. The average molecular weight is 384 g/mol. The van der Waals surface area contributed by atoms with E-state index in [2.05, 4.69) is 39.2 Å². The van der Waals surface area contributed by atoms with Gasteiger partial charge < -0.3 is 4.74 Å². The summed E-state index contributed by atoms with van der Waals surface area (Å²) in [4.78, 5) is 11.7. The van der Waals surface area contributed by atoms with Crippen LogP contribution in [0.5, 0.6) is 0 Å². The van der Waals surface area contributed by atoms with E-state index in [-0.39, 0.29) is 9.77 Å². The first-order chi connectivity index (χ1) is 9.27. The molecule has 0 saturated heterocycles. The molecule has 1 rings (SSSR count). The van der Waals surface area contributed by atoms with Crippen LogP contribution in [0.2, 0.25) is 0 Å². The first-order valence-corrected chi connectivity index (χ1v) is 9.24. The molecule has 0 radical (unpaired) electrons. The molecule has 0 aliphatic rings. The van der Waals surface area contributed by atoms with Crippen molar-refractivity contribution in [1.29, 1.82) is 0 Å². The number of methoxy groups -OCH3 is 1. The molecule has 0 unspecified atom stereocenters. The average Bonchev–Trinajstić information content (AvgIpc) is 2.76. The number of nitrogens with one attached hydrogen (secondary N) is 1. The number of carbonyl (C=O) groups is 1. The summed E-state index contributed by atoms with van der Waals surface area (Å²) in [7, 11) is -2.35. The molecule has 20 heavy (non-hydrogen) atoms. The van der Waals surface area contributed by atoms with E-state index in [1.807, 2.05) is 0 Å². The van der Waals surface area contributed by atoms with Crippen molar-refractivity contribution in [3.05, 3.63) is 14.7 Å². The molecule has 8 heteroatoms. The highest BCUT2D eigenvalue weighted by molar-refractivity contribution is 9.11. The van der Waals surface area contributed by atoms with Crippen molar-refractivity contribution >= 4 is 43.3 Å². The molecule has 1 aromatic heterocycles. The zero-order valence-electron chi connectivity index (χ0n) is 11.6. The predicted molar refractivity (Wildman–Crippen MR) is 82.6 cm³/mol. The molecule has 5 nitrogen and oxygen atoms in total. The van der Waals surface area contributed by atoms with Crippen LogP contribution < -0.4 is 4.72 Å². The van der Waals surface area contributed by atoms with Crippen molar-refractivity contribution in [3.63, 3.8) is 0 Å². The number of hydrogen-bond donors (Lipinski definition) is 1. The molecule has 0 saturated carbocycles. The maximum absolute atomic E-state index is 12.1. The third-order valence-electron chi connectivity index (χ3n) is 2.58. The topological polar surface area (TPSA) is 72.5 Å². The fraction of sp³-hybridized carbons (Fsp3) is 0.583. The normalized spacial score (nSPS) is 11.8. The van der Waals surface area contributed by atoms with Gasteiger partial charge >= 0.3 is 5.97 Å². The lowest BCUT2D eigenvalue weighted by Gasteiger charge is -2.07. The molecule has 1 aromatic rings. The van der Waals surface area contributed by atoms with E-state index >= 15 is 0 Å². The smallest absolute Gasteiger partial charge is 0.348 e. The maximum Gasteiger partial charge on any atom is 0.348 e. The maximum atomic E-state index is 12.1. The predicted octanol–water partition coefficient (Wildman–Crippen LogP) is 3.01. The third kappa shape index (κ3) is 4.83. The van der Waals surface area contributed by atoms with E-state index in [0.717, 1.165) is 24.2 Å². The van der Waals surface area contributed by atoms with Gasteiger partial charge in [0.05, 0.1) is 10.9 Å². The van der Waals surface area contributed by atoms with E-state index in [1.54, 1.807) is 0 Å². The molecule has 0 aliphatic carbocycles. The van der Waals surface area contributed by atoms with Crippen LogP contribution in [-0.4, -0.2) is 28.0 Å². The van der Waals surface area contributed by atoms with Crippen molar-refractivity contribution in [2.24, 2.45) is 5.92 Å². The number of carbonyl (C=O) groups excluding carboxylic acids is 1. The van der Waals surface area contributed by atoms with Gasteiger partial charge in [-0.3, -0.25) is 0 Å². The largest absolute Gasteiger partial charge is 0.465 e. The van der Waals surface area contributed by atoms with Gasteiger partial charge in [-0.15, -0.1) is 11.3 Å². The van der Waals surface area contributed by atoms with Crippen LogP contribution in [0, 0.1) is 5.92 Å². The second-order valence-corrected chi connectivity index (χ2v) is 8.78. The summed E-state index contributed by atoms with van der Waals surface area (Å²) >= 11 is 4.22. The molecule has 0 aliphatic heterocycles. The number of rotatable bonds is 7. The molecular weight excluding hydrogens is 366 g/mol. The highest BCUT2D eigenvalue weighted by Crippen LogP contribution is 2.31. The molecule has 1 heterocycles. The van der Waals surface area contributed by atoms with Gasteiger partial charge in [-0.05, 0) is 40.8 Å². The van der Waals surface area contributed by atoms with E-state index in [9.17, 15) is 13.2 Å². The molecule has 114 valence electrons. The zero-order chi connectivity index (χ0) is 15.3. The summed E-state index contributed by atoms with van der Waals surface area (Å²) in [5, 5.41) is 0. The molecule has 0 aromatic carbocycles. The highest BCUT2D eigenvalue weighted by atomic mass is 79.9. The first kappa shape index (κ1) is 17.6. The quantitative estimate of drug-likeness (QED) is 0.580. The van der Waals surface area contributed by atoms with Gasteiger partial charge in [0, 0.05) is 6.54 Å². The number of ether oxygens (including phenoxy) is 1. The molecule has 0 amide bonds. The molecular formula is C12H18BrNO4S2. The van der Waals surface area contributed by atoms with Crippen molar-refractivity contribution < 1.29 is 17.9 Å². The van der Waals surface area contributed by atoms with Crippen LogP contribution in [0.4, 0.5) is 0 Å². The minimum atomic E-state index is -3.60. The minimum absolute atomic E-state index is 0.0763. The Morgan fingerprint density at radius 2 is 2.15 bits per heavy atom. The zero-order valence-corrected chi connectivity index (χ0v) is 14.8. The van der Waals surface area contributed by atoms with Crippen LogP contribution >= 0.6 is 27.3 Å². The molecule has 0 bridgehead atoms. The van der Waals surface area contributed by atoms with Crippen molar-refractivity contribution in [1.82, 2.24) is 4.72 Å².